The summed E-state index contributed by atoms with van der Waals surface area (Å²) in [4.78, 5) is 51.8. The number of benzene rings is 2. The van der Waals surface area contributed by atoms with Gasteiger partial charge in [0.15, 0.2) is 11.5 Å². The van der Waals surface area contributed by atoms with Crippen molar-refractivity contribution in [2.24, 2.45) is 0 Å². The van der Waals surface area contributed by atoms with Gasteiger partial charge >= 0.3 is 0 Å². The van der Waals surface area contributed by atoms with Crippen LogP contribution in [0.5, 0.6) is 11.5 Å². The van der Waals surface area contributed by atoms with Crippen LogP contribution in [0, 0.1) is 0 Å². The molecule has 0 saturated heterocycles. The van der Waals surface area contributed by atoms with Crippen LogP contribution in [-0.4, -0.2) is 41.6 Å². The summed E-state index contributed by atoms with van der Waals surface area (Å²) in [5.41, 5.74) is 1.19. The maximum Gasteiger partial charge on any atom is 0.264 e. The molecule has 1 atom stereocenters. The highest BCUT2D eigenvalue weighted by Gasteiger charge is 2.42. The number of rotatable bonds is 8. The van der Waals surface area contributed by atoms with Crippen LogP contribution < -0.4 is 14.8 Å². The minimum absolute atomic E-state index is 0.0455. The molecule has 1 unspecified atom stereocenters. The van der Waals surface area contributed by atoms with Crippen LogP contribution in [0.4, 0.5) is 5.69 Å². The molecule has 0 bridgehead atoms. The van der Waals surface area contributed by atoms with Gasteiger partial charge in [-0.3, -0.25) is 24.1 Å². The van der Waals surface area contributed by atoms with Crippen molar-refractivity contribution in [3.8, 4) is 11.5 Å². The van der Waals surface area contributed by atoms with Crippen LogP contribution >= 0.6 is 0 Å². The lowest BCUT2D eigenvalue weighted by molar-refractivity contribution is -0.118. The van der Waals surface area contributed by atoms with E-state index in [9.17, 15) is 19.2 Å². The highest BCUT2D eigenvalue weighted by molar-refractivity contribution is 6.24. The number of ketones is 1. The Labute approximate surface area is 198 Å². The Morgan fingerprint density at radius 3 is 2.44 bits per heavy atom. The van der Waals surface area contributed by atoms with Crippen LogP contribution in [0.2, 0.25) is 0 Å². The molecule has 0 spiro atoms. The van der Waals surface area contributed by atoms with Crippen LogP contribution in [-0.2, 0) is 9.59 Å². The minimum Gasteiger partial charge on any atom is -0.493 e. The van der Waals surface area contributed by atoms with Crippen molar-refractivity contribution in [1.82, 2.24) is 4.90 Å². The molecule has 0 radical (unpaired) electrons. The molecular weight excluding hydrogens is 436 g/mol. The highest BCUT2D eigenvalue weighted by atomic mass is 16.5. The summed E-state index contributed by atoms with van der Waals surface area (Å²) >= 11 is 0. The molecule has 1 N–H and O–H groups in total. The highest BCUT2D eigenvalue weighted by Crippen LogP contribution is 2.40. The SMILES string of the molecule is COc1ccc(C(CC(C)=O)N2C(=O)c3cccc(NC(C)=O)c3C2=O)cc1OC1CCCC1. The Bertz CT molecular complexity index is 1150. The first-order valence-corrected chi connectivity index (χ1v) is 11.4. The van der Waals surface area contributed by atoms with Crippen molar-refractivity contribution in [3.63, 3.8) is 0 Å². The van der Waals surface area contributed by atoms with Gasteiger partial charge in [-0.25, -0.2) is 0 Å². The average Bonchev–Trinajstić information content (AvgIpc) is 3.39. The summed E-state index contributed by atoms with van der Waals surface area (Å²) in [7, 11) is 1.55. The van der Waals surface area contributed by atoms with Crippen molar-refractivity contribution in [3.05, 3.63) is 53.1 Å². The maximum atomic E-state index is 13.5. The van der Waals surface area contributed by atoms with Gasteiger partial charge in [-0.2, -0.15) is 0 Å². The number of imide groups is 1. The molecule has 8 nitrogen and oxygen atoms in total. The van der Waals surface area contributed by atoms with E-state index in [0.717, 1.165) is 30.6 Å². The summed E-state index contributed by atoms with van der Waals surface area (Å²) in [6.45, 7) is 2.76. The Balaban J connectivity index is 1.74. The van der Waals surface area contributed by atoms with Gasteiger partial charge in [0.2, 0.25) is 5.91 Å². The maximum absolute atomic E-state index is 13.5. The van der Waals surface area contributed by atoms with Gasteiger partial charge < -0.3 is 14.8 Å². The molecule has 1 aliphatic carbocycles. The molecule has 3 amide bonds. The second-order valence-corrected chi connectivity index (χ2v) is 8.75. The Morgan fingerprint density at radius 2 is 1.79 bits per heavy atom. The molecule has 1 heterocycles. The number of amides is 3. The zero-order valence-corrected chi connectivity index (χ0v) is 19.6. The quantitative estimate of drug-likeness (QED) is 0.585. The van der Waals surface area contributed by atoms with E-state index in [2.05, 4.69) is 5.32 Å². The number of hydrogen-bond acceptors (Lipinski definition) is 6. The largest absolute Gasteiger partial charge is 0.493 e. The lowest BCUT2D eigenvalue weighted by Crippen LogP contribution is -2.35. The van der Waals surface area contributed by atoms with Gasteiger partial charge in [0.25, 0.3) is 11.8 Å². The van der Waals surface area contributed by atoms with Crippen LogP contribution in [0.3, 0.4) is 0 Å². The second-order valence-electron chi connectivity index (χ2n) is 8.75. The van der Waals surface area contributed by atoms with E-state index < -0.39 is 17.9 Å². The molecule has 4 rings (SSSR count). The Hall–Kier alpha value is -3.68. The van der Waals surface area contributed by atoms with E-state index in [1.165, 1.54) is 13.8 Å². The number of nitrogens with zero attached hydrogens (tertiary/aromatic N) is 1. The number of hydrogen-bond donors (Lipinski definition) is 1. The molecule has 1 aliphatic heterocycles. The predicted octanol–water partition coefficient (Wildman–Crippen LogP) is 4.29. The summed E-state index contributed by atoms with van der Waals surface area (Å²) in [6, 6.07) is 9.14. The molecule has 178 valence electrons. The zero-order chi connectivity index (χ0) is 24.4. The first kappa shape index (κ1) is 23.5. The molecule has 2 aromatic carbocycles. The Morgan fingerprint density at radius 1 is 1.06 bits per heavy atom. The molecule has 2 aromatic rings. The lowest BCUT2D eigenvalue weighted by Gasteiger charge is -2.27. The van der Waals surface area contributed by atoms with Gasteiger partial charge in [-0.05, 0) is 62.4 Å². The molecule has 1 saturated carbocycles. The molecule has 8 heteroatoms. The standard InChI is InChI=1S/C26H28N2O6/c1-15(29)13-21(17-11-12-22(33-3)23(14-17)34-18-7-4-5-8-18)28-25(31)19-9-6-10-20(27-16(2)30)24(19)26(28)32/h6,9-12,14,18,21H,4-5,7-8,13H2,1-3H3,(H,27,30). The van der Waals surface area contributed by atoms with E-state index in [1.807, 2.05) is 0 Å². The summed E-state index contributed by atoms with van der Waals surface area (Å²) in [6.07, 6.45) is 4.14. The summed E-state index contributed by atoms with van der Waals surface area (Å²) in [5.74, 6) is -0.505. The van der Waals surface area contributed by atoms with Gasteiger partial charge in [0.05, 0.1) is 36.1 Å². The fourth-order valence-corrected chi connectivity index (χ4v) is 4.69. The normalized spacial score (nSPS) is 16.4. The fourth-order valence-electron chi connectivity index (χ4n) is 4.69. The number of fused-ring (bicyclic) bond motifs is 1. The average molecular weight is 465 g/mol. The molecule has 0 aromatic heterocycles. The van der Waals surface area contributed by atoms with Crippen LogP contribution in [0.25, 0.3) is 0 Å². The third kappa shape index (κ3) is 4.53. The molecule has 1 fully saturated rings. The van der Waals surface area contributed by atoms with Crippen molar-refractivity contribution in [2.45, 2.75) is 58.1 Å². The third-order valence-corrected chi connectivity index (χ3v) is 6.22. The third-order valence-electron chi connectivity index (χ3n) is 6.22. The Kier molecular flexibility index (Phi) is 6.68. The van der Waals surface area contributed by atoms with Gasteiger partial charge in [0, 0.05) is 13.3 Å². The van der Waals surface area contributed by atoms with E-state index in [1.54, 1.807) is 43.5 Å². The lowest BCUT2D eigenvalue weighted by atomic mass is 9.99. The number of anilines is 1. The summed E-state index contributed by atoms with van der Waals surface area (Å²) < 4.78 is 11.7. The fraction of sp³-hybridized carbons (Fsp3) is 0.385. The summed E-state index contributed by atoms with van der Waals surface area (Å²) in [5, 5.41) is 2.62. The van der Waals surface area contributed by atoms with E-state index in [0.29, 0.717) is 17.1 Å². The number of methoxy groups -OCH3 is 1. The molecule has 2 aliphatic rings. The molecular formula is C26H28N2O6. The zero-order valence-electron chi connectivity index (χ0n) is 19.6. The first-order valence-electron chi connectivity index (χ1n) is 11.4. The van der Waals surface area contributed by atoms with E-state index >= 15 is 0 Å². The van der Waals surface area contributed by atoms with Crippen LogP contribution in [0.1, 0.15) is 78.3 Å². The topological polar surface area (TPSA) is 102 Å². The number of nitrogens with one attached hydrogen (secondary N) is 1. The van der Waals surface area contributed by atoms with Crippen molar-refractivity contribution < 1.29 is 28.7 Å². The van der Waals surface area contributed by atoms with E-state index in [-0.39, 0.29) is 41.0 Å². The minimum atomic E-state index is -0.827. The number of carbonyl (C=O) groups excluding carboxylic acids is 4. The van der Waals surface area contributed by atoms with Crippen molar-refractivity contribution in [1.29, 1.82) is 0 Å². The number of ether oxygens (including phenoxy) is 2. The number of carbonyl (C=O) groups is 4. The number of Topliss-reactive ketones (excluding diaryl/α,β-unsaturated/α-hetero) is 1. The predicted molar refractivity (Wildman–Crippen MR) is 125 cm³/mol. The van der Waals surface area contributed by atoms with Crippen molar-refractivity contribution in [2.75, 3.05) is 12.4 Å². The van der Waals surface area contributed by atoms with Gasteiger partial charge in [-0.1, -0.05) is 12.1 Å². The van der Waals surface area contributed by atoms with E-state index in [4.69, 9.17) is 9.47 Å². The smallest absolute Gasteiger partial charge is 0.264 e. The molecule has 34 heavy (non-hydrogen) atoms. The van der Waals surface area contributed by atoms with Crippen molar-refractivity contribution >= 4 is 29.2 Å². The second kappa shape index (κ2) is 9.67. The van der Waals surface area contributed by atoms with Gasteiger partial charge in [0.1, 0.15) is 5.78 Å². The monoisotopic (exact) mass is 464 g/mol. The van der Waals surface area contributed by atoms with Crippen LogP contribution in [0.15, 0.2) is 36.4 Å². The van der Waals surface area contributed by atoms with Gasteiger partial charge in [-0.15, -0.1) is 0 Å². The first-order chi connectivity index (χ1) is 16.3.